The van der Waals surface area contributed by atoms with Crippen LogP contribution in [0.1, 0.15) is 16.7 Å². The molecule has 0 bridgehead atoms. The minimum Gasteiger partial charge on any atom is -0.370 e. The summed E-state index contributed by atoms with van der Waals surface area (Å²) in [5.74, 6) is -0.0396. The van der Waals surface area contributed by atoms with E-state index < -0.39 is 10.0 Å². The lowest BCUT2D eigenvalue weighted by molar-refractivity contribution is -0.117. The predicted octanol–water partition coefficient (Wildman–Crippen LogP) is 3.92. The molecule has 0 aromatic heterocycles. The van der Waals surface area contributed by atoms with Crippen molar-refractivity contribution < 1.29 is 13.2 Å². The molecule has 3 aromatic rings. The number of rotatable bonds is 9. The van der Waals surface area contributed by atoms with Gasteiger partial charge >= 0.3 is 0 Å². The molecular formula is C23H22Cl2N4O3S. The van der Waals surface area contributed by atoms with Crippen LogP contribution in [0.4, 0.5) is 5.69 Å². The molecular weight excluding hydrogens is 483 g/mol. The second-order valence-corrected chi connectivity index (χ2v) is 9.82. The number of carbonyl (C=O) groups excluding carboxylic acids is 1. The molecule has 7 nitrogen and oxygen atoms in total. The van der Waals surface area contributed by atoms with Gasteiger partial charge in [0.1, 0.15) is 5.78 Å². The molecule has 0 aliphatic heterocycles. The smallest absolute Gasteiger partial charge is 0.261 e. The van der Waals surface area contributed by atoms with Gasteiger partial charge in [-0.15, -0.1) is 0 Å². The Hall–Kier alpha value is -3.07. The molecule has 0 fully saturated rings. The van der Waals surface area contributed by atoms with Gasteiger partial charge in [-0.1, -0.05) is 53.5 Å². The van der Waals surface area contributed by atoms with Crippen molar-refractivity contribution in [2.24, 2.45) is 16.5 Å². The number of anilines is 1. The molecule has 33 heavy (non-hydrogen) atoms. The SMILES string of the molecule is NC(N)=NCc1ccc(NS(=O)(=O)c2ccc(CC(=O)Cc3ccc(Cl)c(Cl)c3)cc2)cc1. The molecule has 0 amide bonds. The van der Waals surface area contributed by atoms with E-state index >= 15 is 0 Å². The number of Topliss-reactive ketones (excluding diaryl/α,β-unsaturated/α-hetero) is 1. The van der Waals surface area contributed by atoms with Crippen molar-refractivity contribution in [2.45, 2.75) is 24.3 Å². The second-order valence-electron chi connectivity index (χ2n) is 7.33. The van der Waals surface area contributed by atoms with E-state index in [1.165, 1.54) is 12.1 Å². The fourth-order valence-electron chi connectivity index (χ4n) is 3.03. The van der Waals surface area contributed by atoms with Crippen LogP contribution in [0.2, 0.25) is 10.0 Å². The van der Waals surface area contributed by atoms with Crippen LogP contribution >= 0.6 is 23.2 Å². The molecule has 0 saturated heterocycles. The number of nitrogens with one attached hydrogen (secondary N) is 1. The normalized spacial score (nSPS) is 11.1. The third kappa shape index (κ3) is 7.21. The van der Waals surface area contributed by atoms with Crippen LogP contribution in [-0.4, -0.2) is 20.2 Å². The molecule has 0 heterocycles. The predicted molar refractivity (Wildman–Crippen MR) is 132 cm³/mol. The van der Waals surface area contributed by atoms with Crippen LogP contribution < -0.4 is 16.2 Å². The number of hydrogen-bond donors (Lipinski definition) is 3. The average Bonchev–Trinajstić information content (AvgIpc) is 2.76. The lowest BCUT2D eigenvalue weighted by Crippen LogP contribution is -2.22. The highest BCUT2D eigenvalue weighted by molar-refractivity contribution is 7.92. The Morgan fingerprint density at radius 3 is 2.00 bits per heavy atom. The summed E-state index contributed by atoms with van der Waals surface area (Å²) in [4.78, 5) is 16.4. The maximum atomic E-state index is 12.7. The minimum atomic E-state index is -3.78. The minimum absolute atomic E-state index is 0.0145. The highest BCUT2D eigenvalue weighted by Gasteiger charge is 2.15. The van der Waals surface area contributed by atoms with Gasteiger partial charge in [-0.25, -0.2) is 13.4 Å². The molecule has 0 saturated carbocycles. The monoisotopic (exact) mass is 504 g/mol. The Labute approximate surface area is 202 Å². The summed E-state index contributed by atoms with van der Waals surface area (Å²) in [6, 6.07) is 18.0. The Balaban J connectivity index is 1.61. The first-order valence-corrected chi connectivity index (χ1v) is 12.1. The fraction of sp³-hybridized carbons (Fsp3) is 0.130. The van der Waals surface area contributed by atoms with Crippen LogP contribution in [0.3, 0.4) is 0 Å². The Bertz CT molecular complexity index is 1270. The first-order valence-electron chi connectivity index (χ1n) is 9.84. The number of nitrogens with two attached hydrogens (primary N) is 2. The topological polar surface area (TPSA) is 128 Å². The van der Waals surface area contributed by atoms with Gasteiger partial charge in [0.2, 0.25) is 0 Å². The zero-order valence-corrected chi connectivity index (χ0v) is 19.8. The molecule has 3 rings (SSSR count). The van der Waals surface area contributed by atoms with Gasteiger partial charge in [0.05, 0.1) is 21.5 Å². The Kier molecular flexibility index (Phi) is 7.97. The molecule has 5 N–H and O–H groups in total. The van der Waals surface area contributed by atoms with Crippen molar-refractivity contribution in [1.82, 2.24) is 0 Å². The number of halogens is 2. The largest absolute Gasteiger partial charge is 0.370 e. The molecule has 0 aliphatic rings. The number of hydrogen-bond acceptors (Lipinski definition) is 4. The molecule has 0 aliphatic carbocycles. The lowest BCUT2D eigenvalue weighted by atomic mass is 10.0. The molecule has 10 heteroatoms. The summed E-state index contributed by atoms with van der Waals surface area (Å²) in [5.41, 5.74) is 13.3. The second kappa shape index (κ2) is 10.7. The highest BCUT2D eigenvalue weighted by Crippen LogP contribution is 2.23. The molecule has 172 valence electrons. The van der Waals surface area contributed by atoms with Gasteiger partial charge in [-0.05, 0) is 53.1 Å². The average molecular weight is 505 g/mol. The number of nitrogens with zero attached hydrogens (tertiary/aromatic N) is 1. The molecule has 0 unspecified atom stereocenters. The number of ketones is 1. The summed E-state index contributed by atoms with van der Waals surface area (Å²) >= 11 is 11.9. The van der Waals surface area contributed by atoms with E-state index in [2.05, 4.69) is 9.71 Å². The van der Waals surface area contributed by atoms with Gasteiger partial charge in [-0.3, -0.25) is 9.52 Å². The van der Waals surface area contributed by atoms with E-state index in [-0.39, 0.29) is 29.5 Å². The summed E-state index contributed by atoms with van der Waals surface area (Å²) in [6.45, 7) is 0.306. The molecule has 0 radical (unpaired) electrons. The van der Waals surface area contributed by atoms with Crippen molar-refractivity contribution >= 4 is 50.7 Å². The van der Waals surface area contributed by atoms with Crippen molar-refractivity contribution in [3.8, 4) is 0 Å². The lowest BCUT2D eigenvalue weighted by Gasteiger charge is -2.09. The maximum absolute atomic E-state index is 12.7. The number of guanidine groups is 1. The maximum Gasteiger partial charge on any atom is 0.261 e. The van der Waals surface area contributed by atoms with Gasteiger partial charge in [0.25, 0.3) is 10.0 Å². The number of sulfonamides is 1. The zero-order valence-electron chi connectivity index (χ0n) is 17.5. The van der Waals surface area contributed by atoms with E-state index in [4.69, 9.17) is 34.7 Å². The molecule has 0 spiro atoms. The number of aliphatic imine (C=N–C) groups is 1. The summed E-state index contributed by atoms with van der Waals surface area (Å²) in [6.07, 6.45) is 0.378. The summed E-state index contributed by atoms with van der Waals surface area (Å²) < 4.78 is 27.9. The molecule has 3 aromatic carbocycles. The summed E-state index contributed by atoms with van der Waals surface area (Å²) in [7, 11) is -3.78. The van der Waals surface area contributed by atoms with Crippen LogP contribution in [0, 0.1) is 0 Å². The Morgan fingerprint density at radius 2 is 1.39 bits per heavy atom. The standard InChI is InChI=1S/C23H22Cl2N4O3S/c24-21-10-5-17(13-22(21)25)12-19(30)11-15-3-8-20(9-4-15)33(31,32)29-18-6-1-16(2-7-18)14-28-23(26)27/h1-10,13,29H,11-12,14H2,(H4,26,27,28). The number of carbonyl (C=O) groups is 1. The van der Waals surface area contributed by atoms with Crippen LogP contribution in [-0.2, 0) is 34.2 Å². The first-order chi connectivity index (χ1) is 15.6. The third-order valence-electron chi connectivity index (χ3n) is 4.67. The Morgan fingerprint density at radius 1 is 0.818 bits per heavy atom. The van der Waals surface area contributed by atoms with E-state index in [0.29, 0.717) is 27.8 Å². The van der Waals surface area contributed by atoms with Crippen molar-refractivity contribution in [3.63, 3.8) is 0 Å². The van der Waals surface area contributed by atoms with Crippen LogP contribution in [0.25, 0.3) is 0 Å². The van der Waals surface area contributed by atoms with Crippen LogP contribution in [0.5, 0.6) is 0 Å². The third-order valence-corrected chi connectivity index (χ3v) is 6.81. The van der Waals surface area contributed by atoms with Gasteiger partial charge in [-0.2, -0.15) is 0 Å². The van der Waals surface area contributed by atoms with E-state index in [9.17, 15) is 13.2 Å². The molecule has 0 atom stereocenters. The van der Waals surface area contributed by atoms with Crippen molar-refractivity contribution in [1.29, 1.82) is 0 Å². The first kappa shape index (κ1) is 24.6. The van der Waals surface area contributed by atoms with Gasteiger partial charge in [0, 0.05) is 18.5 Å². The van der Waals surface area contributed by atoms with Gasteiger partial charge in [0.15, 0.2) is 5.96 Å². The number of benzene rings is 3. The van der Waals surface area contributed by atoms with Crippen molar-refractivity contribution in [3.05, 3.63) is 93.5 Å². The van der Waals surface area contributed by atoms with Crippen molar-refractivity contribution in [2.75, 3.05) is 4.72 Å². The van der Waals surface area contributed by atoms with E-state index in [1.54, 1.807) is 54.6 Å². The van der Waals surface area contributed by atoms with E-state index in [1.807, 2.05) is 0 Å². The quantitative estimate of drug-likeness (QED) is 0.300. The van der Waals surface area contributed by atoms with E-state index in [0.717, 1.165) is 11.1 Å². The fourth-order valence-corrected chi connectivity index (χ4v) is 4.41. The zero-order chi connectivity index (χ0) is 24.0. The highest BCUT2D eigenvalue weighted by atomic mass is 35.5. The van der Waals surface area contributed by atoms with Crippen LogP contribution in [0.15, 0.2) is 76.6 Å². The summed E-state index contributed by atoms with van der Waals surface area (Å²) in [5, 5.41) is 0.826. The van der Waals surface area contributed by atoms with Gasteiger partial charge < -0.3 is 11.5 Å².